The van der Waals surface area contributed by atoms with Gasteiger partial charge in [-0.25, -0.2) is 9.97 Å². The van der Waals surface area contributed by atoms with Crippen LogP contribution in [-0.2, 0) is 6.42 Å². The van der Waals surface area contributed by atoms with E-state index in [0.29, 0.717) is 0 Å². The number of hydrogen-bond acceptors (Lipinski definition) is 2. The van der Waals surface area contributed by atoms with E-state index in [4.69, 9.17) is 0 Å². The van der Waals surface area contributed by atoms with Gasteiger partial charge in [0.05, 0.1) is 5.69 Å². The van der Waals surface area contributed by atoms with Crippen molar-refractivity contribution in [3.05, 3.63) is 30.4 Å². The van der Waals surface area contributed by atoms with Gasteiger partial charge >= 0.3 is 0 Å². The van der Waals surface area contributed by atoms with E-state index < -0.39 is 0 Å². The van der Waals surface area contributed by atoms with Crippen LogP contribution in [0.1, 0.15) is 32.2 Å². The molecule has 0 aromatic carbocycles. The van der Waals surface area contributed by atoms with Crippen molar-refractivity contribution in [2.45, 2.75) is 27.2 Å². The maximum atomic E-state index is 4.21. The highest BCUT2D eigenvalue weighted by atomic mass is 14.8. The summed E-state index contributed by atoms with van der Waals surface area (Å²) in [5.41, 5.74) is 2.25. The van der Waals surface area contributed by atoms with Crippen molar-refractivity contribution in [1.29, 1.82) is 0 Å². The first-order valence-electron chi connectivity index (χ1n) is 4.44. The van der Waals surface area contributed by atoms with Gasteiger partial charge in [-0.15, -0.1) is 0 Å². The summed E-state index contributed by atoms with van der Waals surface area (Å²) in [5.74, 6) is 0. The Hall–Kier alpha value is -1.18. The molecule has 1 aromatic heterocycles. The number of hydrogen-bond donors (Lipinski definition) is 0. The topological polar surface area (TPSA) is 25.8 Å². The van der Waals surface area contributed by atoms with Crippen LogP contribution in [-0.4, -0.2) is 9.97 Å². The molecule has 2 heteroatoms. The molecule has 1 rings (SSSR count). The summed E-state index contributed by atoms with van der Waals surface area (Å²) in [4.78, 5) is 8.27. The van der Waals surface area contributed by atoms with E-state index in [2.05, 4.69) is 37.3 Å². The lowest BCUT2D eigenvalue weighted by Gasteiger charge is -2.17. The van der Waals surface area contributed by atoms with Gasteiger partial charge in [0.1, 0.15) is 6.33 Å². The van der Waals surface area contributed by atoms with Crippen molar-refractivity contribution in [3.8, 4) is 0 Å². The summed E-state index contributed by atoms with van der Waals surface area (Å²) >= 11 is 0. The van der Waals surface area contributed by atoms with Crippen LogP contribution in [0.2, 0.25) is 0 Å². The van der Waals surface area contributed by atoms with Crippen molar-refractivity contribution in [2.75, 3.05) is 0 Å². The molecular formula is C11H16N2. The minimum atomic E-state index is 0.271. The Labute approximate surface area is 79.7 Å². The highest BCUT2D eigenvalue weighted by molar-refractivity contribution is 5.41. The Morgan fingerprint density at radius 2 is 2.08 bits per heavy atom. The molecule has 0 aliphatic rings. The third kappa shape index (κ3) is 3.36. The van der Waals surface area contributed by atoms with E-state index in [1.165, 1.54) is 0 Å². The lowest BCUT2D eigenvalue weighted by molar-refractivity contribution is 0.406. The van der Waals surface area contributed by atoms with Gasteiger partial charge in [-0.2, -0.15) is 0 Å². The molecule has 0 amide bonds. The van der Waals surface area contributed by atoms with Crippen LogP contribution in [0.4, 0.5) is 0 Å². The van der Waals surface area contributed by atoms with Crippen molar-refractivity contribution in [2.24, 2.45) is 5.41 Å². The molecule has 1 aromatic rings. The molecule has 0 aliphatic carbocycles. The van der Waals surface area contributed by atoms with Crippen LogP contribution >= 0.6 is 0 Å². The summed E-state index contributed by atoms with van der Waals surface area (Å²) in [7, 11) is 0. The predicted octanol–water partition coefficient (Wildman–Crippen LogP) is 2.71. The lowest BCUT2D eigenvalue weighted by Crippen LogP contribution is -2.10. The minimum Gasteiger partial charge on any atom is -0.241 e. The SMILES string of the molecule is C=Cc1cc(CC(C)(C)C)ncn1. The minimum absolute atomic E-state index is 0.271. The summed E-state index contributed by atoms with van der Waals surface area (Å²) < 4.78 is 0. The molecule has 13 heavy (non-hydrogen) atoms. The van der Waals surface area contributed by atoms with Gasteiger partial charge in [0.15, 0.2) is 0 Å². The van der Waals surface area contributed by atoms with Gasteiger partial charge < -0.3 is 0 Å². The lowest BCUT2D eigenvalue weighted by atomic mass is 9.90. The zero-order valence-corrected chi connectivity index (χ0v) is 8.54. The maximum absolute atomic E-state index is 4.21. The fraction of sp³-hybridized carbons (Fsp3) is 0.455. The van der Waals surface area contributed by atoms with E-state index in [0.717, 1.165) is 17.8 Å². The first-order chi connectivity index (χ1) is 6.01. The molecule has 0 unspecified atom stereocenters. The molecule has 2 nitrogen and oxygen atoms in total. The van der Waals surface area contributed by atoms with E-state index >= 15 is 0 Å². The fourth-order valence-electron chi connectivity index (χ4n) is 1.17. The van der Waals surface area contributed by atoms with Crippen LogP contribution < -0.4 is 0 Å². The summed E-state index contributed by atoms with van der Waals surface area (Å²) in [5, 5.41) is 0. The molecule has 0 N–H and O–H groups in total. The Morgan fingerprint density at radius 1 is 1.38 bits per heavy atom. The second-order valence-electron chi connectivity index (χ2n) is 4.38. The average molecular weight is 176 g/mol. The zero-order valence-electron chi connectivity index (χ0n) is 8.54. The van der Waals surface area contributed by atoms with Gasteiger partial charge in [-0.3, -0.25) is 0 Å². The average Bonchev–Trinajstić information content (AvgIpc) is 2.01. The Balaban J connectivity index is 2.84. The van der Waals surface area contributed by atoms with Crippen molar-refractivity contribution < 1.29 is 0 Å². The summed E-state index contributed by atoms with van der Waals surface area (Å²) in [6.07, 6.45) is 4.31. The molecule has 70 valence electrons. The Morgan fingerprint density at radius 3 is 2.62 bits per heavy atom. The molecule has 0 bridgehead atoms. The summed E-state index contributed by atoms with van der Waals surface area (Å²) in [6.45, 7) is 10.3. The molecule has 1 heterocycles. The fourth-order valence-corrected chi connectivity index (χ4v) is 1.17. The first-order valence-corrected chi connectivity index (χ1v) is 4.44. The molecular weight excluding hydrogens is 160 g/mol. The van der Waals surface area contributed by atoms with Gasteiger partial charge in [-0.05, 0) is 24.0 Å². The van der Waals surface area contributed by atoms with Gasteiger partial charge in [0.25, 0.3) is 0 Å². The van der Waals surface area contributed by atoms with Gasteiger partial charge in [0, 0.05) is 5.69 Å². The molecule has 0 fully saturated rings. The second-order valence-corrected chi connectivity index (χ2v) is 4.38. The molecule has 0 saturated heterocycles. The normalized spacial score (nSPS) is 11.3. The highest BCUT2D eigenvalue weighted by Crippen LogP contribution is 2.19. The quantitative estimate of drug-likeness (QED) is 0.692. The highest BCUT2D eigenvalue weighted by Gasteiger charge is 2.12. The third-order valence-corrected chi connectivity index (χ3v) is 1.67. The monoisotopic (exact) mass is 176 g/mol. The van der Waals surface area contributed by atoms with Crippen LogP contribution in [0.15, 0.2) is 19.0 Å². The van der Waals surface area contributed by atoms with Crippen LogP contribution in [0.25, 0.3) is 6.08 Å². The number of nitrogens with zero attached hydrogens (tertiary/aromatic N) is 2. The second kappa shape index (κ2) is 3.69. The van der Waals surface area contributed by atoms with Crippen molar-refractivity contribution in [1.82, 2.24) is 9.97 Å². The van der Waals surface area contributed by atoms with E-state index in [9.17, 15) is 0 Å². The Kier molecular flexibility index (Phi) is 2.81. The smallest absolute Gasteiger partial charge is 0.116 e. The zero-order chi connectivity index (χ0) is 9.90. The van der Waals surface area contributed by atoms with Gasteiger partial charge in [-0.1, -0.05) is 27.4 Å². The third-order valence-electron chi connectivity index (χ3n) is 1.67. The van der Waals surface area contributed by atoms with E-state index in [-0.39, 0.29) is 5.41 Å². The number of aromatic nitrogens is 2. The van der Waals surface area contributed by atoms with Crippen LogP contribution in [0, 0.1) is 5.41 Å². The van der Waals surface area contributed by atoms with Crippen LogP contribution in [0.5, 0.6) is 0 Å². The molecule has 0 spiro atoms. The molecule has 0 saturated carbocycles. The molecule has 0 atom stereocenters. The molecule has 0 radical (unpaired) electrons. The number of rotatable bonds is 2. The standard InChI is InChI=1S/C11H16N2/c1-5-9-6-10(13-8-12-9)7-11(2,3)4/h5-6,8H,1,7H2,2-4H3. The van der Waals surface area contributed by atoms with E-state index in [1.54, 1.807) is 12.4 Å². The maximum Gasteiger partial charge on any atom is 0.116 e. The predicted molar refractivity (Wildman–Crippen MR) is 55.3 cm³/mol. The van der Waals surface area contributed by atoms with Crippen molar-refractivity contribution >= 4 is 6.08 Å². The molecule has 0 aliphatic heterocycles. The summed E-state index contributed by atoms with van der Waals surface area (Å²) in [6, 6.07) is 1.98. The van der Waals surface area contributed by atoms with E-state index in [1.807, 2.05) is 6.07 Å². The van der Waals surface area contributed by atoms with Crippen molar-refractivity contribution in [3.63, 3.8) is 0 Å². The van der Waals surface area contributed by atoms with Gasteiger partial charge in [0.2, 0.25) is 0 Å². The first kappa shape index (κ1) is 9.90. The van der Waals surface area contributed by atoms with Crippen LogP contribution in [0.3, 0.4) is 0 Å². The largest absolute Gasteiger partial charge is 0.241 e. The Bertz CT molecular complexity index is 297.